The fourth-order valence-electron chi connectivity index (χ4n) is 2.25. The summed E-state index contributed by atoms with van der Waals surface area (Å²) in [7, 11) is 0.216. The van der Waals surface area contributed by atoms with E-state index in [0.29, 0.717) is 30.0 Å². The first-order valence-corrected chi connectivity index (χ1v) is 8.81. The lowest BCUT2D eigenvalue weighted by Gasteiger charge is -2.05. The third kappa shape index (κ3) is 4.05. The second-order valence-corrected chi connectivity index (χ2v) is 6.57. The lowest BCUT2D eigenvalue weighted by molar-refractivity contribution is 0.0927. The number of methoxy groups -OCH3 is 1. The summed E-state index contributed by atoms with van der Waals surface area (Å²) in [6, 6.07) is 11.2. The van der Waals surface area contributed by atoms with E-state index in [4.69, 9.17) is 9.47 Å². The first-order chi connectivity index (χ1) is 11.8. The fraction of sp³-hybridized carbons (Fsp3) is 0.294. The molecular weight excluding hydrogens is 326 g/mol. The molecule has 0 aliphatic carbocycles. The zero-order chi connectivity index (χ0) is 16.8. The molecule has 1 N–H and O–H groups in total. The minimum absolute atomic E-state index is 0.405. The molecule has 0 saturated heterocycles. The van der Waals surface area contributed by atoms with Gasteiger partial charge in [0.25, 0.3) is 0 Å². The summed E-state index contributed by atoms with van der Waals surface area (Å²) in [5.41, 5.74) is 2.58. The number of aromatic amines is 1. The Morgan fingerprint density at radius 2 is 2.08 bits per heavy atom. The number of H-pyrrole nitrogens is 1. The average Bonchev–Trinajstić information content (AvgIpc) is 3.05. The molecule has 0 spiro atoms. The molecule has 0 bridgehead atoms. The van der Waals surface area contributed by atoms with E-state index in [0.717, 1.165) is 23.0 Å². The molecule has 2 aromatic heterocycles. The van der Waals surface area contributed by atoms with Crippen molar-refractivity contribution in [1.29, 1.82) is 0 Å². The van der Waals surface area contributed by atoms with Crippen molar-refractivity contribution in [3.05, 3.63) is 48.2 Å². The van der Waals surface area contributed by atoms with E-state index in [1.165, 1.54) is 0 Å². The number of fused-ring (bicyclic) bond motifs is 1. The van der Waals surface area contributed by atoms with Crippen molar-refractivity contribution in [2.24, 2.45) is 0 Å². The molecule has 1 aromatic carbocycles. The molecule has 3 aromatic rings. The smallest absolute Gasteiger partial charge is 0.204 e. The molecule has 2 heterocycles. The summed E-state index contributed by atoms with van der Waals surface area (Å²) < 4.78 is 23.2. The maximum absolute atomic E-state index is 12.7. The van der Waals surface area contributed by atoms with Crippen molar-refractivity contribution >= 4 is 21.8 Å². The van der Waals surface area contributed by atoms with E-state index in [2.05, 4.69) is 15.0 Å². The fourth-order valence-corrected chi connectivity index (χ4v) is 3.25. The summed E-state index contributed by atoms with van der Waals surface area (Å²) in [6.07, 6.45) is 2.49. The molecule has 6 nitrogen and oxygen atoms in total. The molecule has 0 aliphatic heterocycles. The highest BCUT2D eigenvalue weighted by Gasteiger charge is 2.14. The van der Waals surface area contributed by atoms with Crippen LogP contribution >= 0.6 is 0 Å². The molecule has 126 valence electrons. The molecule has 7 heteroatoms. The molecule has 0 amide bonds. The van der Waals surface area contributed by atoms with E-state index < -0.39 is 10.8 Å². The van der Waals surface area contributed by atoms with Gasteiger partial charge in [-0.15, -0.1) is 0 Å². The minimum atomic E-state index is -1.45. The van der Waals surface area contributed by atoms with Gasteiger partial charge in [0.05, 0.1) is 17.6 Å². The number of imidazole rings is 1. The molecule has 3 rings (SSSR count). The lowest BCUT2D eigenvalue weighted by Crippen LogP contribution is -2.02. The number of pyridine rings is 1. The van der Waals surface area contributed by atoms with Gasteiger partial charge >= 0.3 is 0 Å². The van der Waals surface area contributed by atoms with Crippen LogP contribution in [0.2, 0.25) is 0 Å². The van der Waals surface area contributed by atoms with Gasteiger partial charge in [-0.25, -0.2) is 14.2 Å². The van der Waals surface area contributed by atoms with Crippen molar-refractivity contribution in [2.45, 2.75) is 23.2 Å². The molecule has 0 fully saturated rings. The first kappa shape index (κ1) is 16.8. The van der Waals surface area contributed by atoms with E-state index >= 15 is 0 Å². The number of hydrogen-bond donors (Lipinski definition) is 1. The largest absolute Gasteiger partial charge is 0.385 e. The Kier molecular flexibility index (Phi) is 5.68. The zero-order valence-electron chi connectivity index (χ0n) is 13.4. The number of aromatic nitrogens is 3. The zero-order valence-corrected chi connectivity index (χ0v) is 14.2. The molecule has 1 atom stereocenters. The van der Waals surface area contributed by atoms with Gasteiger partial charge in [0.15, 0.2) is 0 Å². The van der Waals surface area contributed by atoms with Crippen LogP contribution in [-0.2, 0) is 26.9 Å². The maximum atomic E-state index is 12.7. The van der Waals surface area contributed by atoms with Gasteiger partial charge in [-0.1, -0.05) is 12.1 Å². The van der Waals surface area contributed by atoms with Crippen molar-refractivity contribution in [1.82, 2.24) is 15.0 Å². The molecule has 0 saturated carbocycles. The summed E-state index contributed by atoms with van der Waals surface area (Å²) in [6.45, 7) is 1.76. The Morgan fingerprint density at radius 3 is 2.92 bits per heavy atom. The van der Waals surface area contributed by atoms with Crippen molar-refractivity contribution in [3.8, 4) is 0 Å². The van der Waals surface area contributed by atoms with Crippen molar-refractivity contribution < 1.29 is 13.7 Å². The number of hydrogen-bond acceptors (Lipinski definition) is 5. The van der Waals surface area contributed by atoms with Crippen LogP contribution in [0.25, 0.3) is 11.0 Å². The third-order valence-electron chi connectivity index (χ3n) is 3.44. The number of nitrogens with one attached hydrogen (secondary N) is 1. The predicted octanol–water partition coefficient (Wildman–Crippen LogP) is 2.68. The molecule has 0 aliphatic rings. The lowest BCUT2D eigenvalue weighted by atomic mass is 10.3. The van der Waals surface area contributed by atoms with Gasteiger partial charge in [-0.3, -0.25) is 0 Å². The monoisotopic (exact) mass is 345 g/mol. The number of para-hydroxylation sites is 2. The minimum Gasteiger partial charge on any atom is -0.385 e. The number of rotatable bonds is 8. The van der Waals surface area contributed by atoms with Crippen LogP contribution in [0, 0.1) is 0 Å². The van der Waals surface area contributed by atoms with Crippen LogP contribution in [0.1, 0.15) is 12.0 Å². The van der Waals surface area contributed by atoms with Crippen LogP contribution in [0.15, 0.2) is 52.8 Å². The molecular formula is C17H19N3O3S. The maximum Gasteiger partial charge on any atom is 0.204 e. The summed E-state index contributed by atoms with van der Waals surface area (Å²) in [5.74, 6) is 0. The highest BCUT2D eigenvalue weighted by atomic mass is 32.2. The van der Waals surface area contributed by atoms with E-state index in [1.54, 1.807) is 19.4 Å². The molecule has 24 heavy (non-hydrogen) atoms. The van der Waals surface area contributed by atoms with Crippen LogP contribution in [0.3, 0.4) is 0 Å². The van der Waals surface area contributed by atoms with E-state index in [-0.39, 0.29) is 0 Å². The third-order valence-corrected chi connectivity index (χ3v) is 4.59. The Morgan fingerprint density at radius 1 is 1.21 bits per heavy atom. The van der Waals surface area contributed by atoms with Crippen molar-refractivity contribution in [2.75, 3.05) is 20.3 Å². The standard InChI is InChI=1S/C17H19N3O3S/c1-22-9-4-10-23-12-13-7-8-18-16(11-13)24(21)17-19-14-5-2-3-6-15(14)20-17/h2-3,5-8,11H,4,9-10,12H2,1H3,(H,19,20). The van der Waals surface area contributed by atoms with Gasteiger partial charge in [-0.05, 0) is 36.2 Å². The van der Waals surface area contributed by atoms with Gasteiger partial charge < -0.3 is 14.5 Å². The van der Waals surface area contributed by atoms with Crippen LogP contribution < -0.4 is 0 Å². The summed E-state index contributed by atoms with van der Waals surface area (Å²) >= 11 is 0. The Bertz CT molecular complexity index is 802. The average molecular weight is 345 g/mol. The number of ether oxygens (including phenoxy) is 2. The summed E-state index contributed by atoms with van der Waals surface area (Å²) in [4.78, 5) is 11.7. The van der Waals surface area contributed by atoms with Gasteiger partial charge in [0, 0.05) is 26.5 Å². The normalized spacial score (nSPS) is 12.5. The number of benzene rings is 1. The second-order valence-electron chi connectivity index (χ2n) is 5.23. The Labute approximate surface area is 142 Å². The Hall–Kier alpha value is -2.09. The second kappa shape index (κ2) is 8.14. The van der Waals surface area contributed by atoms with E-state index in [1.807, 2.05) is 30.3 Å². The Balaban J connectivity index is 1.69. The van der Waals surface area contributed by atoms with E-state index in [9.17, 15) is 4.21 Å². The highest BCUT2D eigenvalue weighted by Crippen LogP contribution is 2.17. The van der Waals surface area contributed by atoms with Gasteiger partial charge in [0.1, 0.15) is 15.8 Å². The SMILES string of the molecule is COCCCOCc1ccnc(S(=O)c2nc3ccccc3[nH]2)c1. The highest BCUT2D eigenvalue weighted by molar-refractivity contribution is 7.84. The quantitative estimate of drug-likeness (QED) is 0.635. The first-order valence-electron chi connectivity index (χ1n) is 7.66. The van der Waals surface area contributed by atoms with Crippen LogP contribution in [0.5, 0.6) is 0 Å². The number of nitrogens with zero attached hydrogens (tertiary/aromatic N) is 2. The predicted molar refractivity (Wildman–Crippen MR) is 91.2 cm³/mol. The molecule has 1 unspecified atom stereocenters. The van der Waals surface area contributed by atoms with Crippen molar-refractivity contribution in [3.63, 3.8) is 0 Å². The van der Waals surface area contributed by atoms with Crippen LogP contribution in [-0.4, -0.2) is 39.5 Å². The van der Waals surface area contributed by atoms with Gasteiger partial charge in [-0.2, -0.15) is 0 Å². The molecule has 0 radical (unpaired) electrons. The van der Waals surface area contributed by atoms with Crippen LogP contribution in [0.4, 0.5) is 0 Å². The summed E-state index contributed by atoms with van der Waals surface area (Å²) in [5, 5.41) is 0.869. The topological polar surface area (TPSA) is 77.1 Å². The van der Waals surface area contributed by atoms with Gasteiger partial charge in [0.2, 0.25) is 5.16 Å².